The molecular weight excluding hydrogens is 438 g/mol. The fraction of sp³-hybridized carbons (Fsp3) is 0.320. The summed E-state index contributed by atoms with van der Waals surface area (Å²) in [4.78, 5) is 20.2. The zero-order valence-corrected chi connectivity index (χ0v) is 19.3. The number of methoxy groups -OCH3 is 1. The quantitative estimate of drug-likeness (QED) is 0.483. The second-order valence-corrected chi connectivity index (χ2v) is 7.96. The van der Waals surface area contributed by atoms with Gasteiger partial charge in [-0.3, -0.25) is 0 Å². The summed E-state index contributed by atoms with van der Waals surface area (Å²) in [5, 5.41) is 12.7. The summed E-state index contributed by atoms with van der Waals surface area (Å²) in [5.74, 6) is 2.06. The van der Waals surface area contributed by atoms with Crippen molar-refractivity contribution >= 4 is 11.8 Å². The molecule has 0 atom stereocenters. The van der Waals surface area contributed by atoms with Crippen molar-refractivity contribution in [3.63, 3.8) is 0 Å². The fourth-order valence-electron chi connectivity index (χ4n) is 3.64. The topological polar surface area (TPSA) is 112 Å². The number of carboxylic acid groups (broad SMARTS) is 1. The van der Waals surface area contributed by atoms with E-state index in [4.69, 9.17) is 18.9 Å². The van der Waals surface area contributed by atoms with E-state index in [-0.39, 0.29) is 11.7 Å². The third kappa shape index (κ3) is 5.31. The van der Waals surface area contributed by atoms with Crippen LogP contribution in [-0.4, -0.2) is 54.0 Å². The number of nitrogens with zero attached hydrogens (tertiary/aromatic N) is 2. The number of carbonyl (C=O) groups is 1. The Balaban J connectivity index is 1.48. The highest BCUT2D eigenvalue weighted by Gasteiger charge is 2.17. The maximum absolute atomic E-state index is 11.5. The lowest BCUT2D eigenvalue weighted by Gasteiger charge is -2.20. The third-order valence-corrected chi connectivity index (χ3v) is 5.18. The van der Waals surface area contributed by atoms with Gasteiger partial charge in [-0.2, -0.15) is 0 Å². The van der Waals surface area contributed by atoms with Crippen molar-refractivity contribution in [3.8, 4) is 34.3 Å². The number of nitrogens with one attached hydrogen (secondary N) is 1. The highest BCUT2D eigenvalue weighted by Crippen LogP contribution is 2.37. The van der Waals surface area contributed by atoms with Crippen LogP contribution in [0.25, 0.3) is 11.3 Å². The molecule has 1 aliphatic rings. The summed E-state index contributed by atoms with van der Waals surface area (Å²) in [6.45, 7) is 5.35. The molecule has 0 amide bonds. The summed E-state index contributed by atoms with van der Waals surface area (Å²) < 4.78 is 22.5. The zero-order chi connectivity index (χ0) is 24.1. The molecule has 34 heavy (non-hydrogen) atoms. The summed E-state index contributed by atoms with van der Waals surface area (Å²) in [6.07, 6.45) is 1.99. The molecule has 0 radical (unpaired) electrons. The first kappa shape index (κ1) is 23.2. The minimum atomic E-state index is -1.04. The van der Waals surface area contributed by atoms with Crippen molar-refractivity contribution in [3.05, 3.63) is 53.9 Å². The second-order valence-electron chi connectivity index (χ2n) is 7.96. The van der Waals surface area contributed by atoms with Crippen LogP contribution in [0, 0.1) is 0 Å². The number of benzene rings is 2. The maximum Gasteiger partial charge on any atom is 0.339 e. The number of ether oxygens (including phenoxy) is 4. The van der Waals surface area contributed by atoms with E-state index in [0.717, 1.165) is 22.6 Å². The zero-order valence-electron chi connectivity index (χ0n) is 19.3. The van der Waals surface area contributed by atoms with Crippen LogP contribution in [0.1, 0.15) is 29.8 Å². The molecule has 3 aromatic rings. The van der Waals surface area contributed by atoms with Gasteiger partial charge in [-0.1, -0.05) is 6.07 Å². The third-order valence-electron chi connectivity index (χ3n) is 5.18. The van der Waals surface area contributed by atoms with E-state index in [2.05, 4.69) is 15.3 Å². The Hall–Kier alpha value is -4.01. The first-order valence-electron chi connectivity index (χ1n) is 11.0. The molecule has 2 aromatic carbocycles. The van der Waals surface area contributed by atoms with Crippen molar-refractivity contribution in [2.45, 2.75) is 26.4 Å². The molecule has 0 fully saturated rings. The second kappa shape index (κ2) is 10.3. The number of fused-ring (bicyclic) bond motifs is 1. The normalized spacial score (nSPS) is 12.4. The molecule has 9 nitrogen and oxygen atoms in total. The van der Waals surface area contributed by atoms with Gasteiger partial charge in [0.2, 0.25) is 0 Å². The van der Waals surface area contributed by atoms with Gasteiger partial charge in [0.15, 0.2) is 11.5 Å². The Labute approximate surface area is 197 Å². The molecule has 0 bridgehead atoms. The smallest absolute Gasteiger partial charge is 0.339 e. The molecule has 2 heterocycles. The summed E-state index contributed by atoms with van der Waals surface area (Å²) in [5.41, 5.74) is 2.49. The van der Waals surface area contributed by atoms with Crippen LogP contribution in [0.5, 0.6) is 23.0 Å². The van der Waals surface area contributed by atoms with Crippen LogP contribution in [0.15, 0.2) is 42.7 Å². The van der Waals surface area contributed by atoms with E-state index in [9.17, 15) is 9.90 Å². The van der Waals surface area contributed by atoms with Crippen molar-refractivity contribution < 1.29 is 28.8 Å². The SMILES string of the molecule is COc1cc2c(cc1CCNc1cc(-c3ccc(C(=O)O)c(OC(C)C)c3)ncn1)OCCO2. The monoisotopic (exact) mass is 465 g/mol. The van der Waals surface area contributed by atoms with E-state index in [0.29, 0.717) is 49.2 Å². The molecule has 0 aliphatic carbocycles. The van der Waals surface area contributed by atoms with Crippen LogP contribution in [0.2, 0.25) is 0 Å². The lowest BCUT2D eigenvalue weighted by molar-refractivity contribution is 0.0690. The Morgan fingerprint density at radius 3 is 2.56 bits per heavy atom. The van der Waals surface area contributed by atoms with Gasteiger partial charge >= 0.3 is 5.97 Å². The standard InChI is InChI=1S/C25H27N3O6/c1-15(2)34-21-10-16(4-5-18(21)25(29)30)19-12-24(28-14-27-19)26-7-6-17-11-22-23(13-20(17)31-3)33-9-8-32-22/h4-5,10-15H,6-9H2,1-3H3,(H,29,30)(H,26,27,28). The number of hydrogen-bond donors (Lipinski definition) is 2. The summed E-state index contributed by atoms with van der Waals surface area (Å²) in [7, 11) is 1.63. The van der Waals surface area contributed by atoms with Gasteiger partial charge in [0.05, 0.1) is 18.9 Å². The largest absolute Gasteiger partial charge is 0.496 e. The Morgan fingerprint density at radius 1 is 1.09 bits per heavy atom. The van der Waals surface area contributed by atoms with E-state index >= 15 is 0 Å². The van der Waals surface area contributed by atoms with Gasteiger partial charge in [-0.05, 0) is 44.0 Å². The summed E-state index contributed by atoms with van der Waals surface area (Å²) in [6, 6.07) is 10.5. The molecule has 0 unspecified atom stereocenters. The number of anilines is 1. The number of rotatable bonds is 9. The molecule has 0 saturated carbocycles. The molecule has 1 aliphatic heterocycles. The highest BCUT2D eigenvalue weighted by atomic mass is 16.6. The molecule has 178 valence electrons. The average molecular weight is 466 g/mol. The highest BCUT2D eigenvalue weighted by molar-refractivity contribution is 5.92. The minimum absolute atomic E-state index is 0.109. The van der Waals surface area contributed by atoms with E-state index < -0.39 is 5.97 Å². The van der Waals surface area contributed by atoms with Gasteiger partial charge in [0, 0.05) is 24.2 Å². The first-order chi connectivity index (χ1) is 16.4. The van der Waals surface area contributed by atoms with Gasteiger partial charge in [0.1, 0.15) is 42.4 Å². The van der Waals surface area contributed by atoms with Crippen LogP contribution in [-0.2, 0) is 6.42 Å². The molecule has 0 saturated heterocycles. The van der Waals surface area contributed by atoms with Crippen LogP contribution in [0.4, 0.5) is 5.82 Å². The Morgan fingerprint density at radius 2 is 1.85 bits per heavy atom. The number of hydrogen-bond acceptors (Lipinski definition) is 8. The molecule has 4 rings (SSSR count). The fourth-order valence-corrected chi connectivity index (χ4v) is 3.64. The van der Waals surface area contributed by atoms with Gasteiger partial charge < -0.3 is 29.4 Å². The van der Waals surface area contributed by atoms with Gasteiger partial charge in [-0.25, -0.2) is 14.8 Å². The first-order valence-corrected chi connectivity index (χ1v) is 11.0. The molecular formula is C25H27N3O6. The van der Waals surface area contributed by atoms with Crippen LogP contribution < -0.4 is 24.3 Å². The lowest BCUT2D eigenvalue weighted by atomic mass is 10.1. The minimum Gasteiger partial charge on any atom is -0.496 e. The van der Waals surface area contributed by atoms with Crippen molar-refractivity contribution in [2.75, 3.05) is 32.2 Å². The molecule has 2 N–H and O–H groups in total. The predicted octanol–water partition coefficient (Wildman–Crippen LogP) is 4.06. The van der Waals surface area contributed by atoms with Gasteiger partial charge in [0.25, 0.3) is 0 Å². The van der Waals surface area contributed by atoms with Crippen molar-refractivity contribution in [2.24, 2.45) is 0 Å². The Kier molecular flexibility index (Phi) is 7.01. The van der Waals surface area contributed by atoms with Crippen LogP contribution in [0.3, 0.4) is 0 Å². The van der Waals surface area contributed by atoms with E-state index in [1.807, 2.05) is 32.0 Å². The molecule has 0 spiro atoms. The maximum atomic E-state index is 11.5. The Bertz CT molecular complexity index is 1180. The predicted molar refractivity (Wildman–Crippen MR) is 126 cm³/mol. The molecule has 1 aromatic heterocycles. The molecule has 9 heteroatoms. The van der Waals surface area contributed by atoms with E-state index in [1.54, 1.807) is 19.2 Å². The lowest BCUT2D eigenvalue weighted by Crippen LogP contribution is -2.16. The number of aromatic carboxylic acids is 1. The van der Waals surface area contributed by atoms with E-state index in [1.165, 1.54) is 12.4 Å². The average Bonchev–Trinajstić information content (AvgIpc) is 2.83. The number of carboxylic acids is 1. The van der Waals surface area contributed by atoms with Crippen molar-refractivity contribution in [1.29, 1.82) is 0 Å². The van der Waals surface area contributed by atoms with Crippen molar-refractivity contribution in [1.82, 2.24) is 9.97 Å². The van der Waals surface area contributed by atoms with Crippen LogP contribution >= 0.6 is 0 Å². The summed E-state index contributed by atoms with van der Waals surface area (Å²) >= 11 is 0. The number of aromatic nitrogens is 2. The van der Waals surface area contributed by atoms with Gasteiger partial charge in [-0.15, -0.1) is 0 Å².